The van der Waals surface area contributed by atoms with Crippen molar-refractivity contribution in [1.82, 2.24) is 19.6 Å². The lowest BCUT2D eigenvalue weighted by Crippen LogP contribution is -2.51. The van der Waals surface area contributed by atoms with Gasteiger partial charge in [0.2, 0.25) is 0 Å². The van der Waals surface area contributed by atoms with Gasteiger partial charge in [0.05, 0.1) is 0 Å². The Bertz CT molecular complexity index is 734. The fraction of sp³-hybridized carbons (Fsp3) is 0.500. The number of benzene rings is 1. The molecular formula is C20H28N4O2. The maximum atomic E-state index is 11.9. The van der Waals surface area contributed by atoms with E-state index in [-0.39, 0.29) is 0 Å². The highest BCUT2D eigenvalue weighted by molar-refractivity contribution is 5.76. The number of aliphatic carboxylic acids is 1. The summed E-state index contributed by atoms with van der Waals surface area (Å²) in [7, 11) is 4.17. The van der Waals surface area contributed by atoms with E-state index in [0.717, 1.165) is 19.6 Å². The quantitative estimate of drug-likeness (QED) is 0.862. The molecule has 0 spiro atoms. The smallest absolute Gasteiger partial charge is 0.331 e. The lowest BCUT2D eigenvalue weighted by atomic mass is 9.87. The van der Waals surface area contributed by atoms with Gasteiger partial charge in [-0.1, -0.05) is 24.3 Å². The Kier molecular flexibility index (Phi) is 5.44. The van der Waals surface area contributed by atoms with E-state index in [1.165, 1.54) is 11.1 Å². The van der Waals surface area contributed by atoms with E-state index in [9.17, 15) is 9.90 Å². The summed E-state index contributed by atoms with van der Waals surface area (Å²) in [6.07, 6.45) is 4.54. The van der Waals surface area contributed by atoms with Crippen molar-refractivity contribution in [2.75, 3.05) is 27.2 Å². The molecule has 0 saturated carbocycles. The van der Waals surface area contributed by atoms with Crippen molar-refractivity contribution < 1.29 is 9.90 Å². The van der Waals surface area contributed by atoms with Gasteiger partial charge in [0.1, 0.15) is 0 Å². The second-order valence-corrected chi connectivity index (χ2v) is 7.45. The summed E-state index contributed by atoms with van der Waals surface area (Å²) >= 11 is 0. The molecule has 0 bridgehead atoms. The molecular weight excluding hydrogens is 328 g/mol. The van der Waals surface area contributed by atoms with Gasteiger partial charge in [0.15, 0.2) is 5.54 Å². The average molecular weight is 356 g/mol. The molecule has 1 fully saturated rings. The van der Waals surface area contributed by atoms with E-state index in [4.69, 9.17) is 0 Å². The molecule has 0 aliphatic carbocycles. The molecule has 26 heavy (non-hydrogen) atoms. The molecule has 1 atom stereocenters. The molecule has 1 aliphatic heterocycles. The van der Waals surface area contributed by atoms with Crippen LogP contribution in [0.2, 0.25) is 0 Å². The summed E-state index contributed by atoms with van der Waals surface area (Å²) in [5.41, 5.74) is 1.67. The van der Waals surface area contributed by atoms with Crippen molar-refractivity contribution in [3.05, 3.63) is 53.9 Å². The van der Waals surface area contributed by atoms with E-state index in [2.05, 4.69) is 60.2 Å². The van der Waals surface area contributed by atoms with Crippen LogP contribution in [0.4, 0.5) is 0 Å². The van der Waals surface area contributed by atoms with E-state index in [1.807, 2.05) is 0 Å². The number of carboxylic acids is 1. The molecule has 1 unspecified atom stereocenters. The molecule has 1 aromatic carbocycles. The van der Waals surface area contributed by atoms with Crippen molar-refractivity contribution in [3.8, 4) is 0 Å². The van der Waals surface area contributed by atoms with Crippen LogP contribution in [-0.4, -0.2) is 57.8 Å². The third-order valence-electron chi connectivity index (χ3n) is 5.64. The monoisotopic (exact) mass is 356 g/mol. The molecule has 2 heterocycles. The number of carbonyl (C=O) groups is 1. The highest BCUT2D eigenvalue weighted by Crippen LogP contribution is 2.31. The van der Waals surface area contributed by atoms with Crippen LogP contribution in [0.25, 0.3) is 0 Å². The van der Waals surface area contributed by atoms with Crippen LogP contribution in [0.5, 0.6) is 0 Å². The molecule has 0 amide bonds. The normalized spacial score (nSPS) is 18.8. The Morgan fingerprint density at radius 2 is 2.04 bits per heavy atom. The molecule has 6 heteroatoms. The first-order chi connectivity index (χ1) is 12.4. The number of rotatable bonds is 6. The number of carboxylic acid groups (broad SMARTS) is 1. The van der Waals surface area contributed by atoms with Gasteiger partial charge in [-0.05, 0) is 51.1 Å². The molecule has 140 valence electrons. The van der Waals surface area contributed by atoms with Gasteiger partial charge in [-0.15, -0.1) is 0 Å². The van der Waals surface area contributed by atoms with Crippen LogP contribution < -0.4 is 0 Å². The number of likely N-dealkylation sites (tertiary alicyclic amines) is 1. The van der Waals surface area contributed by atoms with Crippen LogP contribution in [-0.2, 0) is 16.9 Å². The van der Waals surface area contributed by atoms with E-state index in [1.54, 1.807) is 23.1 Å². The zero-order valence-corrected chi connectivity index (χ0v) is 15.8. The van der Waals surface area contributed by atoms with Crippen LogP contribution in [0.15, 0.2) is 42.7 Å². The summed E-state index contributed by atoms with van der Waals surface area (Å²) in [6.45, 7) is 4.55. The standard InChI is InChI=1S/C20H28N4O2/c1-16(22(2)3)18-7-4-6-17(14-18)15-23-12-8-20(9-13-23,19(25)26)24-11-5-10-21-24/h4-7,10-11,14,16H,8-9,12-13,15H2,1-3H3,(H,25,26). The molecule has 1 aliphatic rings. The van der Waals surface area contributed by atoms with Crippen LogP contribution in [0, 0.1) is 0 Å². The first-order valence-corrected chi connectivity index (χ1v) is 9.13. The van der Waals surface area contributed by atoms with Gasteiger partial charge in [-0.2, -0.15) is 5.10 Å². The minimum Gasteiger partial charge on any atom is -0.479 e. The minimum absolute atomic E-state index is 0.371. The second kappa shape index (κ2) is 7.60. The lowest BCUT2D eigenvalue weighted by Gasteiger charge is -2.39. The molecule has 1 N–H and O–H groups in total. The van der Waals surface area contributed by atoms with E-state index < -0.39 is 11.5 Å². The topological polar surface area (TPSA) is 61.6 Å². The maximum Gasteiger partial charge on any atom is 0.331 e. The summed E-state index contributed by atoms with van der Waals surface area (Å²) in [4.78, 5) is 16.5. The average Bonchev–Trinajstić information content (AvgIpc) is 3.17. The Labute approximate surface area is 155 Å². The zero-order valence-electron chi connectivity index (χ0n) is 15.8. The van der Waals surface area contributed by atoms with Gasteiger partial charge in [-0.25, -0.2) is 4.79 Å². The van der Waals surface area contributed by atoms with Gasteiger partial charge in [-0.3, -0.25) is 9.58 Å². The Hall–Kier alpha value is -2.18. The number of aromatic nitrogens is 2. The van der Waals surface area contributed by atoms with E-state index >= 15 is 0 Å². The highest BCUT2D eigenvalue weighted by Gasteiger charge is 2.43. The first-order valence-electron chi connectivity index (χ1n) is 9.13. The van der Waals surface area contributed by atoms with Crippen molar-refractivity contribution in [2.45, 2.75) is 37.9 Å². The largest absolute Gasteiger partial charge is 0.479 e. The van der Waals surface area contributed by atoms with Gasteiger partial charge in [0.25, 0.3) is 0 Å². The third-order valence-corrected chi connectivity index (χ3v) is 5.64. The van der Waals surface area contributed by atoms with Crippen LogP contribution in [0.1, 0.15) is 36.9 Å². The highest BCUT2D eigenvalue weighted by atomic mass is 16.4. The van der Waals surface area contributed by atoms with Gasteiger partial charge < -0.3 is 10.0 Å². The minimum atomic E-state index is -0.915. The molecule has 0 radical (unpaired) electrons. The number of hydrogen-bond donors (Lipinski definition) is 1. The Morgan fingerprint density at radius 3 is 2.62 bits per heavy atom. The Balaban J connectivity index is 1.67. The van der Waals surface area contributed by atoms with Crippen molar-refractivity contribution in [2.24, 2.45) is 0 Å². The fourth-order valence-electron chi connectivity index (χ4n) is 3.65. The number of hydrogen-bond acceptors (Lipinski definition) is 4. The summed E-state index contributed by atoms with van der Waals surface area (Å²) in [5.74, 6) is -0.789. The third kappa shape index (κ3) is 3.66. The predicted octanol–water partition coefficient (Wildman–Crippen LogP) is 2.58. The zero-order chi connectivity index (χ0) is 18.7. The van der Waals surface area contributed by atoms with Crippen molar-refractivity contribution >= 4 is 5.97 Å². The molecule has 1 saturated heterocycles. The Morgan fingerprint density at radius 1 is 1.31 bits per heavy atom. The van der Waals surface area contributed by atoms with Crippen LogP contribution >= 0.6 is 0 Å². The number of nitrogens with zero attached hydrogens (tertiary/aromatic N) is 4. The summed E-state index contributed by atoms with van der Waals surface area (Å²) < 4.78 is 1.62. The maximum absolute atomic E-state index is 11.9. The van der Waals surface area contributed by atoms with Crippen molar-refractivity contribution in [1.29, 1.82) is 0 Å². The molecule has 2 aromatic rings. The van der Waals surface area contributed by atoms with Crippen molar-refractivity contribution in [3.63, 3.8) is 0 Å². The molecule has 6 nitrogen and oxygen atoms in total. The second-order valence-electron chi connectivity index (χ2n) is 7.45. The van der Waals surface area contributed by atoms with E-state index in [0.29, 0.717) is 18.9 Å². The first kappa shape index (κ1) is 18.6. The van der Waals surface area contributed by atoms with Crippen LogP contribution in [0.3, 0.4) is 0 Å². The summed E-state index contributed by atoms with van der Waals surface area (Å²) in [5, 5.41) is 14.0. The SMILES string of the molecule is CC(c1cccc(CN2CCC(C(=O)O)(n3cccn3)CC2)c1)N(C)C. The molecule has 1 aromatic heterocycles. The fourth-order valence-corrected chi connectivity index (χ4v) is 3.65. The predicted molar refractivity (Wildman–Crippen MR) is 101 cm³/mol. The van der Waals surface area contributed by atoms with Gasteiger partial charge >= 0.3 is 5.97 Å². The number of piperidine rings is 1. The molecule has 3 rings (SSSR count). The lowest BCUT2D eigenvalue weighted by molar-refractivity contribution is -0.151. The summed E-state index contributed by atoms with van der Waals surface area (Å²) in [6, 6.07) is 10.8. The van der Waals surface area contributed by atoms with Gasteiger partial charge in [0, 0.05) is 38.1 Å².